The third kappa shape index (κ3) is 5.09. The van der Waals surface area contributed by atoms with Crippen LogP contribution in [0.15, 0.2) is 53.4 Å². The number of benzene rings is 2. The molecular weight excluding hydrogens is 480 g/mol. The Morgan fingerprint density at radius 1 is 1.22 bits per heavy atom. The zero-order chi connectivity index (χ0) is 25.9. The molecule has 0 saturated carbocycles. The van der Waals surface area contributed by atoms with Gasteiger partial charge in [-0.05, 0) is 75.1 Å². The van der Waals surface area contributed by atoms with Crippen molar-refractivity contribution in [2.24, 2.45) is 0 Å². The van der Waals surface area contributed by atoms with Crippen LogP contribution in [0.2, 0.25) is 0 Å². The van der Waals surface area contributed by atoms with E-state index >= 15 is 0 Å². The largest absolute Gasteiger partial charge is 0.490 e. The predicted octanol–water partition coefficient (Wildman–Crippen LogP) is 4.03. The van der Waals surface area contributed by atoms with Crippen molar-refractivity contribution in [1.29, 1.82) is 0 Å². The van der Waals surface area contributed by atoms with Crippen LogP contribution in [-0.4, -0.2) is 45.7 Å². The number of carbonyl (C=O) groups is 1. The lowest BCUT2D eigenvalue weighted by molar-refractivity contribution is -0.140. The number of aryl methyl sites for hydroxylation is 2. The molecule has 3 aromatic rings. The number of rotatable bonds is 9. The quantitative estimate of drug-likeness (QED) is 0.462. The van der Waals surface area contributed by atoms with Gasteiger partial charge in [-0.3, -0.25) is 9.78 Å². The number of fused-ring (bicyclic) bond motifs is 1. The molecule has 1 amide bonds. The molecule has 4 rings (SSSR count). The molecule has 1 unspecified atom stereocenters. The maximum absolute atomic E-state index is 13.8. The van der Waals surface area contributed by atoms with Gasteiger partial charge in [-0.2, -0.15) is 0 Å². The number of aromatic nitrogens is 1. The van der Waals surface area contributed by atoms with Gasteiger partial charge in [-0.15, -0.1) is 0 Å². The number of sulfonamides is 1. The minimum atomic E-state index is -4.22. The third-order valence-electron chi connectivity index (χ3n) is 6.50. The van der Waals surface area contributed by atoms with Gasteiger partial charge >= 0.3 is 0 Å². The first-order valence-electron chi connectivity index (χ1n) is 12.1. The van der Waals surface area contributed by atoms with Crippen LogP contribution in [0.25, 0.3) is 10.9 Å². The van der Waals surface area contributed by atoms with Gasteiger partial charge in [0.05, 0.1) is 16.5 Å². The summed E-state index contributed by atoms with van der Waals surface area (Å²) in [6, 6.07) is 13.9. The highest BCUT2D eigenvalue weighted by Gasteiger charge is 2.48. The summed E-state index contributed by atoms with van der Waals surface area (Å²) in [5, 5.41) is 0.440. The van der Waals surface area contributed by atoms with Crippen molar-refractivity contribution >= 4 is 26.8 Å². The third-order valence-corrected chi connectivity index (χ3v) is 7.89. The summed E-state index contributed by atoms with van der Waals surface area (Å²) in [5.74, 6) is -0.273. The monoisotopic (exact) mass is 512 g/mol. The molecule has 1 aliphatic rings. The zero-order valence-electron chi connectivity index (χ0n) is 21.0. The first kappa shape index (κ1) is 26.1. The van der Waals surface area contributed by atoms with E-state index in [2.05, 4.69) is 9.71 Å². The Bertz CT molecular complexity index is 1370. The number of amides is 1. The lowest BCUT2D eigenvalue weighted by Crippen LogP contribution is -2.46. The second-order valence-electron chi connectivity index (χ2n) is 9.03. The zero-order valence-corrected chi connectivity index (χ0v) is 21.9. The highest BCUT2D eigenvalue weighted by Crippen LogP contribution is 2.42. The maximum Gasteiger partial charge on any atom is 0.270 e. The van der Waals surface area contributed by atoms with Crippen molar-refractivity contribution in [1.82, 2.24) is 9.71 Å². The summed E-state index contributed by atoms with van der Waals surface area (Å²) in [6.45, 7) is 6.32. The molecule has 2 aromatic carbocycles. The van der Waals surface area contributed by atoms with Gasteiger partial charge < -0.3 is 14.2 Å². The summed E-state index contributed by atoms with van der Waals surface area (Å²) in [4.78, 5) is 18.2. The average Bonchev–Trinajstić information content (AvgIpc) is 3.37. The van der Waals surface area contributed by atoms with Crippen LogP contribution in [0.5, 0.6) is 5.75 Å². The molecule has 192 valence electrons. The van der Waals surface area contributed by atoms with E-state index in [4.69, 9.17) is 14.2 Å². The van der Waals surface area contributed by atoms with Crippen LogP contribution in [0.1, 0.15) is 43.5 Å². The molecule has 0 spiro atoms. The predicted molar refractivity (Wildman–Crippen MR) is 136 cm³/mol. The number of hydrogen-bond donors (Lipinski definition) is 1. The van der Waals surface area contributed by atoms with Crippen molar-refractivity contribution in [2.75, 3.05) is 20.3 Å². The van der Waals surface area contributed by atoms with E-state index in [1.165, 1.54) is 6.07 Å². The SMILES string of the molecule is CCc1ccc(OC[C@H](C)OC)c(C2(C(=O)NS(=O)(=O)c3cccc4nc(C)ccc34)CCCO2)c1. The molecule has 36 heavy (non-hydrogen) atoms. The Labute approximate surface area is 212 Å². The second kappa shape index (κ2) is 10.5. The van der Waals surface area contributed by atoms with Crippen molar-refractivity contribution in [3.8, 4) is 5.75 Å². The molecule has 1 aromatic heterocycles. The van der Waals surface area contributed by atoms with Crippen molar-refractivity contribution in [3.05, 3.63) is 65.4 Å². The lowest BCUT2D eigenvalue weighted by atomic mass is 9.88. The average molecular weight is 513 g/mol. The van der Waals surface area contributed by atoms with Crippen molar-refractivity contribution in [2.45, 2.75) is 56.6 Å². The van der Waals surface area contributed by atoms with Gasteiger partial charge in [0, 0.05) is 30.4 Å². The Morgan fingerprint density at radius 3 is 2.72 bits per heavy atom. The normalized spacial score (nSPS) is 18.8. The van der Waals surface area contributed by atoms with Crippen LogP contribution in [-0.2, 0) is 36.3 Å². The number of ether oxygens (including phenoxy) is 3. The molecule has 0 bridgehead atoms. The van der Waals surface area contributed by atoms with E-state index in [1.807, 2.05) is 32.9 Å². The highest BCUT2D eigenvalue weighted by atomic mass is 32.2. The minimum absolute atomic E-state index is 0.0123. The van der Waals surface area contributed by atoms with E-state index in [9.17, 15) is 13.2 Å². The molecule has 1 saturated heterocycles. The Kier molecular flexibility index (Phi) is 7.63. The number of hydrogen-bond acceptors (Lipinski definition) is 7. The van der Waals surface area contributed by atoms with Crippen LogP contribution in [0.3, 0.4) is 0 Å². The van der Waals surface area contributed by atoms with E-state index < -0.39 is 21.5 Å². The van der Waals surface area contributed by atoms with Gasteiger partial charge in [-0.25, -0.2) is 13.1 Å². The lowest BCUT2D eigenvalue weighted by Gasteiger charge is -2.30. The summed E-state index contributed by atoms with van der Waals surface area (Å²) < 4.78 is 46.6. The number of pyridine rings is 1. The van der Waals surface area contributed by atoms with E-state index in [0.29, 0.717) is 41.7 Å². The summed E-state index contributed by atoms with van der Waals surface area (Å²) >= 11 is 0. The number of methoxy groups -OCH3 is 1. The van der Waals surface area contributed by atoms with Gasteiger partial charge in [0.1, 0.15) is 12.4 Å². The number of carbonyl (C=O) groups excluding carboxylic acids is 1. The van der Waals surface area contributed by atoms with Gasteiger partial charge in [0.15, 0.2) is 5.60 Å². The molecule has 0 radical (unpaired) electrons. The van der Waals surface area contributed by atoms with Crippen LogP contribution in [0, 0.1) is 6.92 Å². The Hall–Kier alpha value is -3.01. The molecule has 1 N–H and O–H groups in total. The van der Waals surface area contributed by atoms with Crippen LogP contribution in [0.4, 0.5) is 0 Å². The van der Waals surface area contributed by atoms with E-state index in [-0.39, 0.29) is 17.6 Å². The highest BCUT2D eigenvalue weighted by molar-refractivity contribution is 7.90. The maximum atomic E-state index is 13.8. The second-order valence-corrected chi connectivity index (χ2v) is 10.7. The van der Waals surface area contributed by atoms with E-state index in [0.717, 1.165) is 17.7 Å². The Morgan fingerprint density at radius 2 is 2.03 bits per heavy atom. The first-order valence-corrected chi connectivity index (χ1v) is 13.5. The van der Waals surface area contributed by atoms with Gasteiger partial charge in [0.25, 0.3) is 15.9 Å². The minimum Gasteiger partial charge on any atom is -0.490 e. The number of nitrogens with zero attached hydrogens (tertiary/aromatic N) is 1. The van der Waals surface area contributed by atoms with Gasteiger partial charge in [-0.1, -0.05) is 19.1 Å². The summed E-state index contributed by atoms with van der Waals surface area (Å²) in [5.41, 5.74) is 1.31. The topological polar surface area (TPSA) is 104 Å². The van der Waals surface area contributed by atoms with E-state index in [1.54, 1.807) is 37.4 Å². The fourth-order valence-corrected chi connectivity index (χ4v) is 5.63. The van der Waals surface area contributed by atoms with Gasteiger partial charge in [0.2, 0.25) is 0 Å². The molecule has 0 aliphatic carbocycles. The Balaban J connectivity index is 1.73. The summed E-state index contributed by atoms with van der Waals surface area (Å²) in [6.07, 6.45) is 1.51. The van der Waals surface area contributed by atoms with Crippen LogP contribution < -0.4 is 9.46 Å². The smallest absolute Gasteiger partial charge is 0.270 e. The fraction of sp³-hybridized carbons (Fsp3) is 0.407. The summed E-state index contributed by atoms with van der Waals surface area (Å²) in [7, 11) is -2.62. The molecule has 2 atom stereocenters. The van der Waals surface area contributed by atoms with Crippen LogP contribution >= 0.6 is 0 Å². The standard InChI is InChI=1S/C27H32N2O6S/c1-5-20-11-13-24(34-17-19(3)33-4)22(16-20)27(14-7-15-35-27)26(30)29-36(31,32)25-9-6-8-23-21(25)12-10-18(2)28-23/h6,8-13,16,19H,5,7,14-15,17H2,1-4H3,(H,29,30)/t19-,27?/m0/s1. The van der Waals surface area contributed by atoms with Crippen molar-refractivity contribution in [3.63, 3.8) is 0 Å². The fourth-order valence-electron chi connectivity index (χ4n) is 4.39. The molecular formula is C27H32N2O6S. The van der Waals surface area contributed by atoms with Crippen molar-refractivity contribution < 1.29 is 27.4 Å². The molecule has 2 heterocycles. The first-order chi connectivity index (χ1) is 17.2. The number of nitrogens with one attached hydrogen (secondary N) is 1. The molecule has 1 aliphatic heterocycles. The molecule has 9 heteroatoms. The molecule has 1 fully saturated rings. The molecule has 8 nitrogen and oxygen atoms in total.